The topological polar surface area (TPSA) is 108 Å². The van der Waals surface area contributed by atoms with Gasteiger partial charge in [0.15, 0.2) is 11.0 Å². The summed E-state index contributed by atoms with van der Waals surface area (Å²) in [5, 5.41) is 21.9. The van der Waals surface area contributed by atoms with Gasteiger partial charge in [-0.3, -0.25) is 4.79 Å². The van der Waals surface area contributed by atoms with E-state index in [1.54, 1.807) is 44.6 Å². The van der Waals surface area contributed by atoms with Crippen LogP contribution in [0.1, 0.15) is 22.2 Å². The number of hydrogen-bond acceptors (Lipinski definition) is 8. The number of aliphatic hydroxyl groups is 1. The summed E-state index contributed by atoms with van der Waals surface area (Å²) < 4.78 is 17.8. The predicted octanol–water partition coefficient (Wildman–Crippen LogP) is 3.12. The maximum Gasteiger partial charge on any atom is 0.251 e. The van der Waals surface area contributed by atoms with Gasteiger partial charge in [0.1, 0.15) is 23.3 Å². The molecule has 3 aromatic rings. The minimum absolute atomic E-state index is 0.331. The first-order valence-corrected chi connectivity index (χ1v) is 11.6. The lowest BCUT2D eigenvalue weighted by Gasteiger charge is -2.17. The Balaban J connectivity index is 1.63. The summed E-state index contributed by atoms with van der Waals surface area (Å²) in [6.07, 6.45) is 1.71. The van der Waals surface area contributed by atoms with E-state index in [-0.39, 0.29) is 12.5 Å². The van der Waals surface area contributed by atoms with Crippen molar-refractivity contribution in [1.82, 2.24) is 20.1 Å². The molecular formula is C24H28N4O5S. The number of nitrogens with zero attached hydrogens (tertiary/aromatic N) is 3. The number of aliphatic hydroxyl groups excluding tert-OH is 1. The summed E-state index contributed by atoms with van der Waals surface area (Å²) in [5.74, 6) is 2.91. The standard InChI is InChI=1S/C24H28N4O5S/c1-4-13-28-22(21(16-29)25-23(30)17-5-7-18(31-2)8-6-17)26-27-24(28)34-15-14-33-20-11-9-19(32-3)10-12-20/h4-12,21,29H,1,13-16H2,2-3H3,(H,25,30)/t21-/m0/s1. The first-order valence-electron chi connectivity index (χ1n) is 10.6. The Hall–Kier alpha value is -3.50. The van der Waals surface area contributed by atoms with E-state index in [2.05, 4.69) is 22.1 Å². The molecule has 0 unspecified atom stereocenters. The van der Waals surface area contributed by atoms with Gasteiger partial charge in [0.25, 0.3) is 5.91 Å². The van der Waals surface area contributed by atoms with E-state index in [1.165, 1.54) is 11.8 Å². The number of amides is 1. The van der Waals surface area contributed by atoms with Crippen molar-refractivity contribution in [3.05, 3.63) is 72.6 Å². The van der Waals surface area contributed by atoms with Crippen molar-refractivity contribution >= 4 is 17.7 Å². The van der Waals surface area contributed by atoms with Crippen LogP contribution in [0.3, 0.4) is 0 Å². The number of hydrogen-bond donors (Lipinski definition) is 2. The number of rotatable bonds is 13. The van der Waals surface area contributed by atoms with Gasteiger partial charge in [0.2, 0.25) is 0 Å². The van der Waals surface area contributed by atoms with E-state index in [0.29, 0.717) is 41.2 Å². The fraction of sp³-hybridized carbons (Fsp3) is 0.292. The molecule has 0 bridgehead atoms. The van der Waals surface area contributed by atoms with Gasteiger partial charge in [-0.05, 0) is 48.5 Å². The van der Waals surface area contributed by atoms with E-state index >= 15 is 0 Å². The molecule has 34 heavy (non-hydrogen) atoms. The summed E-state index contributed by atoms with van der Waals surface area (Å²) in [6.45, 7) is 4.36. The average molecular weight is 485 g/mol. The van der Waals surface area contributed by atoms with Gasteiger partial charge in [0.05, 0.1) is 27.4 Å². The van der Waals surface area contributed by atoms with Gasteiger partial charge in [-0.1, -0.05) is 17.8 Å². The summed E-state index contributed by atoms with van der Waals surface area (Å²) in [5.41, 5.74) is 0.444. The molecule has 0 saturated carbocycles. The van der Waals surface area contributed by atoms with Crippen LogP contribution in [0, 0.1) is 0 Å². The van der Waals surface area contributed by atoms with Gasteiger partial charge in [-0.25, -0.2) is 0 Å². The van der Waals surface area contributed by atoms with Gasteiger partial charge in [-0.2, -0.15) is 0 Å². The molecular weight excluding hydrogens is 456 g/mol. The number of benzene rings is 2. The van der Waals surface area contributed by atoms with E-state index in [1.807, 2.05) is 28.8 Å². The zero-order valence-corrected chi connectivity index (χ0v) is 20.0. The molecule has 0 aliphatic carbocycles. The summed E-state index contributed by atoms with van der Waals surface area (Å²) in [6, 6.07) is 13.3. The molecule has 0 aliphatic heterocycles. The first kappa shape index (κ1) is 25.1. The Morgan fingerprint density at radius 2 is 1.71 bits per heavy atom. The van der Waals surface area contributed by atoms with E-state index < -0.39 is 6.04 Å². The van der Waals surface area contributed by atoms with Crippen LogP contribution in [0.15, 0.2) is 66.3 Å². The van der Waals surface area contributed by atoms with E-state index in [9.17, 15) is 9.90 Å². The van der Waals surface area contributed by atoms with Crippen molar-refractivity contribution in [3.8, 4) is 17.2 Å². The maximum atomic E-state index is 12.7. The number of allylic oxidation sites excluding steroid dienone is 1. The highest BCUT2D eigenvalue weighted by atomic mass is 32.2. The zero-order valence-electron chi connectivity index (χ0n) is 19.1. The molecule has 0 saturated heterocycles. The number of thioether (sulfide) groups is 1. The highest BCUT2D eigenvalue weighted by Gasteiger charge is 2.23. The van der Waals surface area contributed by atoms with Crippen LogP contribution in [0.4, 0.5) is 0 Å². The monoisotopic (exact) mass is 484 g/mol. The first-order chi connectivity index (χ1) is 16.6. The molecule has 0 fully saturated rings. The molecule has 1 amide bonds. The Morgan fingerprint density at radius 3 is 2.29 bits per heavy atom. The van der Waals surface area contributed by atoms with Crippen LogP contribution in [-0.2, 0) is 6.54 Å². The van der Waals surface area contributed by atoms with Gasteiger partial charge < -0.3 is 29.2 Å². The van der Waals surface area contributed by atoms with Gasteiger partial charge >= 0.3 is 0 Å². The van der Waals surface area contributed by atoms with Crippen molar-refractivity contribution in [2.45, 2.75) is 17.7 Å². The molecule has 180 valence electrons. The normalized spacial score (nSPS) is 11.5. The molecule has 0 aliphatic rings. The third kappa shape index (κ3) is 6.52. The SMILES string of the molecule is C=CCn1c(SCCOc2ccc(OC)cc2)nnc1[C@H](CO)NC(=O)c1ccc(OC)cc1. The maximum absolute atomic E-state index is 12.7. The van der Waals surface area contributed by atoms with Gasteiger partial charge in [0, 0.05) is 17.9 Å². The van der Waals surface area contributed by atoms with Crippen molar-refractivity contribution in [3.63, 3.8) is 0 Å². The Morgan fingerprint density at radius 1 is 1.09 bits per heavy atom. The second-order valence-electron chi connectivity index (χ2n) is 7.05. The van der Waals surface area contributed by atoms with Crippen LogP contribution < -0.4 is 19.5 Å². The fourth-order valence-corrected chi connectivity index (χ4v) is 3.88. The van der Waals surface area contributed by atoms with Crippen LogP contribution in [0.5, 0.6) is 17.2 Å². The summed E-state index contributed by atoms with van der Waals surface area (Å²) in [7, 11) is 3.18. The van der Waals surface area contributed by atoms with Crippen LogP contribution in [0.2, 0.25) is 0 Å². The lowest BCUT2D eigenvalue weighted by molar-refractivity contribution is 0.0911. The second-order valence-corrected chi connectivity index (χ2v) is 8.11. The molecule has 0 spiro atoms. The summed E-state index contributed by atoms with van der Waals surface area (Å²) in [4.78, 5) is 12.7. The number of carbonyl (C=O) groups is 1. The molecule has 9 nitrogen and oxygen atoms in total. The number of aromatic nitrogens is 3. The fourth-order valence-electron chi connectivity index (χ4n) is 3.11. The van der Waals surface area contributed by atoms with Crippen LogP contribution >= 0.6 is 11.8 Å². The molecule has 1 aromatic heterocycles. The molecule has 1 heterocycles. The summed E-state index contributed by atoms with van der Waals surface area (Å²) >= 11 is 1.47. The van der Waals surface area contributed by atoms with E-state index in [4.69, 9.17) is 14.2 Å². The van der Waals surface area contributed by atoms with Crippen molar-refractivity contribution in [2.24, 2.45) is 0 Å². The van der Waals surface area contributed by atoms with E-state index in [0.717, 1.165) is 11.5 Å². The Kier molecular flexibility index (Phi) is 9.36. The largest absolute Gasteiger partial charge is 0.497 e. The smallest absolute Gasteiger partial charge is 0.251 e. The number of methoxy groups -OCH3 is 2. The minimum atomic E-state index is -0.730. The lowest BCUT2D eigenvalue weighted by Crippen LogP contribution is -2.33. The highest BCUT2D eigenvalue weighted by molar-refractivity contribution is 7.99. The van der Waals surface area contributed by atoms with Crippen LogP contribution in [-0.4, -0.2) is 59.0 Å². The Labute approximate surface area is 202 Å². The average Bonchev–Trinajstić information content (AvgIpc) is 3.27. The number of carbonyl (C=O) groups excluding carboxylic acids is 1. The quantitative estimate of drug-likeness (QED) is 0.216. The van der Waals surface area contributed by atoms with Crippen molar-refractivity contribution in [2.75, 3.05) is 33.2 Å². The zero-order chi connectivity index (χ0) is 24.3. The van der Waals surface area contributed by atoms with Crippen molar-refractivity contribution < 1.29 is 24.1 Å². The lowest BCUT2D eigenvalue weighted by atomic mass is 10.2. The molecule has 2 aromatic carbocycles. The minimum Gasteiger partial charge on any atom is -0.497 e. The molecule has 1 atom stereocenters. The number of ether oxygens (including phenoxy) is 3. The molecule has 2 N–H and O–H groups in total. The highest BCUT2D eigenvalue weighted by Crippen LogP contribution is 2.22. The third-order valence-corrected chi connectivity index (χ3v) is 5.78. The number of nitrogens with one attached hydrogen (secondary N) is 1. The molecule has 3 rings (SSSR count). The van der Waals surface area contributed by atoms with Crippen molar-refractivity contribution in [1.29, 1.82) is 0 Å². The molecule has 0 radical (unpaired) electrons. The second kappa shape index (κ2) is 12.7. The Bertz CT molecular complexity index is 1070. The van der Waals surface area contributed by atoms with Crippen LogP contribution in [0.25, 0.3) is 0 Å². The molecule has 10 heteroatoms. The third-order valence-electron chi connectivity index (χ3n) is 4.85. The predicted molar refractivity (Wildman–Crippen MR) is 130 cm³/mol. The van der Waals surface area contributed by atoms with Gasteiger partial charge in [-0.15, -0.1) is 16.8 Å².